The van der Waals surface area contributed by atoms with Crippen molar-refractivity contribution in [1.82, 2.24) is 9.55 Å². The first kappa shape index (κ1) is 34.7. The predicted octanol–water partition coefficient (Wildman–Crippen LogP) is 8.30. The van der Waals surface area contributed by atoms with Gasteiger partial charge >= 0.3 is 0 Å². The fraction of sp³-hybridized carbons (Fsp3) is 0.238. The molecule has 266 valence electrons. The van der Waals surface area contributed by atoms with Crippen LogP contribution in [-0.4, -0.2) is 42.4 Å². The lowest BCUT2D eigenvalue weighted by atomic mass is 9.98. The number of halogens is 1. The van der Waals surface area contributed by atoms with Crippen molar-refractivity contribution in [2.45, 2.75) is 38.7 Å². The molecule has 5 aromatic carbocycles. The molecule has 1 aromatic heterocycles. The average molecular weight is 702 g/mol. The van der Waals surface area contributed by atoms with Gasteiger partial charge in [-0.2, -0.15) is 0 Å². The molecule has 1 fully saturated rings. The highest BCUT2D eigenvalue weighted by atomic mass is 19.1. The molecule has 9 nitrogen and oxygen atoms in total. The van der Waals surface area contributed by atoms with Crippen LogP contribution in [0.5, 0.6) is 17.2 Å². The van der Waals surface area contributed by atoms with Crippen LogP contribution >= 0.6 is 0 Å². The summed E-state index contributed by atoms with van der Waals surface area (Å²) in [5.41, 5.74) is 4.41. The van der Waals surface area contributed by atoms with Gasteiger partial charge in [0, 0.05) is 5.69 Å². The molecule has 6 aromatic rings. The number of hydrogen-bond acceptors (Lipinski definition) is 7. The number of anilines is 1. The summed E-state index contributed by atoms with van der Waals surface area (Å²) >= 11 is 0. The molecule has 52 heavy (non-hydrogen) atoms. The highest BCUT2D eigenvalue weighted by molar-refractivity contribution is 5.94. The number of fused-ring (bicyclic) bond motifs is 1. The minimum absolute atomic E-state index is 0.0785. The van der Waals surface area contributed by atoms with Gasteiger partial charge in [-0.25, -0.2) is 9.37 Å². The summed E-state index contributed by atoms with van der Waals surface area (Å²) in [7, 11) is 1.51. The van der Waals surface area contributed by atoms with Gasteiger partial charge in [0.1, 0.15) is 19.0 Å². The van der Waals surface area contributed by atoms with Crippen LogP contribution in [0.2, 0.25) is 0 Å². The Morgan fingerprint density at radius 3 is 2.00 bits per heavy atom. The summed E-state index contributed by atoms with van der Waals surface area (Å²) in [5.74, 6) is -0.0787. The Morgan fingerprint density at radius 2 is 1.42 bits per heavy atom. The Kier molecular flexibility index (Phi) is 10.5. The highest BCUT2D eigenvalue weighted by Crippen LogP contribution is 2.47. The normalized spacial score (nSPS) is 13.4. The quantitative estimate of drug-likeness (QED) is 0.108. The summed E-state index contributed by atoms with van der Waals surface area (Å²) in [6.07, 6.45) is 0.190. The SMILES string of the molecule is COc1cc(-c2nc3cc(NC(=O)CCOCc4ccccc4)ccc3n2C2(C)COC2)c(F)c(OCc2ccccc2)c1OCc1ccccc1. The van der Waals surface area contributed by atoms with E-state index in [0.29, 0.717) is 42.6 Å². The molecule has 0 saturated carbocycles. The van der Waals surface area contributed by atoms with Crippen LogP contribution in [0.1, 0.15) is 30.0 Å². The first-order chi connectivity index (χ1) is 25.4. The molecule has 7 rings (SSSR count). The zero-order valence-electron chi connectivity index (χ0n) is 29.1. The third-order valence-corrected chi connectivity index (χ3v) is 8.94. The highest BCUT2D eigenvalue weighted by Gasteiger charge is 2.40. The number of benzene rings is 5. The van der Waals surface area contributed by atoms with Crippen LogP contribution in [0.25, 0.3) is 22.4 Å². The fourth-order valence-corrected chi connectivity index (χ4v) is 6.20. The van der Waals surface area contributed by atoms with E-state index in [9.17, 15) is 4.79 Å². The third-order valence-electron chi connectivity index (χ3n) is 8.94. The summed E-state index contributed by atoms with van der Waals surface area (Å²) in [4.78, 5) is 17.8. The number of nitrogens with one attached hydrogen (secondary N) is 1. The number of methoxy groups -OCH3 is 1. The summed E-state index contributed by atoms with van der Waals surface area (Å²) in [6, 6.07) is 36.1. The van der Waals surface area contributed by atoms with E-state index < -0.39 is 11.4 Å². The maximum Gasteiger partial charge on any atom is 0.226 e. The zero-order chi connectivity index (χ0) is 35.9. The van der Waals surface area contributed by atoms with Crippen molar-refractivity contribution in [2.24, 2.45) is 0 Å². The van der Waals surface area contributed by atoms with Gasteiger partial charge in [-0.3, -0.25) is 4.79 Å². The fourth-order valence-electron chi connectivity index (χ4n) is 6.20. The predicted molar refractivity (Wildman–Crippen MR) is 197 cm³/mol. The maximum absolute atomic E-state index is 17.1. The van der Waals surface area contributed by atoms with E-state index in [2.05, 4.69) is 5.32 Å². The molecule has 10 heteroatoms. The molecule has 0 bridgehead atoms. The maximum atomic E-state index is 17.1. The molecule has 0 aliphatic carbocycles. The van der Waals surface area contributed by atoms with E-state index in [1.165, 1.54) is 7.11 Å². The van der Waals surface area contributed by atoms with E-state index in [-0.39, 0.29) is 49.2 Å². The topological polar surface area (TPSA) is 93.1 Å². The number of aromatic nitrogens is 2. The minimum atomic E-state index is -0.635. The average Bonchev–Trinajstić information content (AvgIpc) is 3.54. The Bertz CT molecular complexity index is 2140. The molecule has 0 unspecified atom stereocenters. The Balaban J connectivity index is 1.21. The van der Waals surface area contributed by atoms with E-state index in [0.717, 1.165) is 22.2 Å². The van der Waals surface area contributed by atoms with Crippen LogP contribution in [0.3, 0.4) is 0 Å². The lowest BCUT2D eigenvalue weighted by Gasteiger charge is -2.40. The second-order valence-corrected chi connectivity index (χ2v) is 12.9. The van der Waals surface area contributed by atoms with Crippen LogP contribution in [0.15, 0.2) is 115 Å². The molecule has 0 atom stereocenters. The minimum Gasteiger partial charge on any atom is -0.493 e. The van der Waals surface area contributed by atoms with Crippen molar-refractivity contribution in [1.29, 1.82) is 0 Å². The lowest BCUT2D eigenvalue weighted by Crippen LogP contribution is -2.49. The van der Waals surface area contributed by atoms with Crippen molar-refractivity contribution >= 4 is 22.6 Å². The van der Waals surface area contributed by atoms with Gasteiger partial charge in [0.25, 0.3) is 0 Å². The summed E-state index contributed by atoms with van der Waals surface area (Å²) in [6.45, 7) is 3.88. The van der Waals surface area contributed by atoms with Crippen molar-refractivity contribution < 1.29 is 32.9 Å². The third kappa shape index (κ3) is 7.63. The van der Waals surface area contributed by atoms with E-state index >= 15 is 4.39 Å². The monoisotopic (exact) mass is 701 g/mol. The van der Waals surface area contributed by atoms with Gasteiger partial charge in [0.05, 0.1) is 62.1 Å². The van der Waals surface area contributed by atoms with Gasteiger partial charge in [0.15, 0.2) is 11.6 Å². The van der Waals surface area contributed by atoms with E-state index in [1.54, 1.807) is 12.1 Å². The molecule has 0 radical (unpaired) electrons. The number of ether oxygens (including phenoxy) is 5. The number of rotatable bonds is 15. The number of amides is 1. The van der Waals surface area contributed by atoms with Gasteiger partial charge in [0.2, 0.25) is 17.4 Å². The Hall–Kier alpha value is -5.71. The number of hydrogen-bond donors (Lipinski definition) is 1. The molecule has 1 saturated heterocycles. The van der Waals surface area contributed by atoms with Crippen LogP contribution in [-0.2, 0) is 39.6 Å². The zero-order valence-corrected chi connectivity index (χ0v) is 29.1. The summed E-state index contributed by atoms with van der Waals surface area (Å²) in [5, 5.41) is 2.95. The molecule has 1 amide bonds. The number of imidazole rings is 1. The number of carbonyl (C=O) groups excluding carboxylic acids is 1. The second-order valence-electron chi connectivity index (χ2n) is 12.9. The van der Waals surface area contributed by atoms with Crippen LogP contribution in [0.4, 0.5) is 10.1 Å². The second kappa shape index (κ2) is 15.7. The van der Waals surface area contributed by atoms with Crippen LogP contribution < -0.4 is 19.5 Å². The van der Waals surface area contributed by atoms with Gasteiger partial charge in [-0.1, -0.05) is 91.0 Å². The van der Waals surface area contributed by atoms with E-state index in [1.807, 2.05) is 115 Å². The summed E-state index contributed by atoms with van der Waals surface area (Å²) < 4.78 is 48.7. The lowest BCUT2D eigenvalue weighted by molar-refractivity contribution is -0.117. The van der Waals surface area contributed by atoms with Gasteiger partial charge in [-0.15, -0.1) is 0 Å². The molecule has 1 N–H and O–H groups in total. The largest absolute Gasteiger partial charge is 0.493 e. The Morgan fingerprint density at radius 1 is 0.827 bits per heavy atom. The molecule has 1 aliphatic heterocycles. The van der Waals surface area contributed by atoms with Crippen molar-refractivity contribution in [3.8, 4) is 28.6 Å². The van der Waals surface area contributed by atoms with Gasteiger partial charge in [-0.05, 0) is 47.9 Å². The molecule has 2 heterocycles. The van der Waals surface area contributed by atoms with Crippen molar-refractivity contribution in [2.75, 3.05) is 32.2 Å². The Labute approximate surface area is 301 Å². The first-order valence-electron chi connectivity index (χ1n) is 17.2. The molecule has 1 aliphatic rings. The standard InChI is InChI=1S/C42H40FN3O6/c1-42(27-50-28-42)46-35-19-18-32(44-37(47)20-21-49-24-29-12-6-3-7-13-29)22-34(35)45-41(46)33-23-36(48-2)39(51-25-30-14-8-4-9-15-30)40(38(33)43)52-26-31-16-10-5-11-17-31/h3-19,22-23H,20-21,24-28H2,1-2H3,(H,44,47). The van der Waals surface area contributed by atoms with Crippen molar-refractivity contribution in [3.63, 3.8) is 0 Å². The van der Waals surface area contributed by atoms with Crippen LogP contribution in [0, 0.1) is 5.82 Å². The van der Waals surface area contributed by atoms with E-state index in [4.69, 9.17) is 28.7 Å². The molecular formula is C42H40FN3O6. The molecule has 0 spiro atoms. The molecular weight excluding hydrogens is 661 g/mol. The number of nitrogens with zero attached hydrogens (tertiary/aromatic N) is 2. The first-order valence-corrected chi connectivity index (χ1v) is 17.2. The number of carbonyl (C=O) groups is 1. The van der Waals surface area contributed by atoms with Gasteiger partial charge < -0.3 is 33.6 Å². The van der Waals surface area contributed by atoms with Crippen molar-refractivity contribution in [3.05, 3.63) is 138 Å². The smallest absolute Gasteiger partial charge is 0.226 e.